The van der Waals surface area contributed by atoms with Crippen LogP contribution in [-0.2, 0) is 0 Å². The monoisotopic (exact) mass is 92.1 g/mol. The topological polar surface area (TPSA) is 0 Å². The van der Waals surface area contributed by atoms with E-state index in [4.69, 9.17) is 0 Å². The lowest BCUT2D eigenvalue weighted by Crippen LogP contribution is -1.98. The van der Waals surface area contributed by atoms with E-state index in [1.807, 2.05) is 0 Å². The fourth-order valence-corrected chi connectivity index (χ4v) is 0.640. The van der Waals surface area contributed by atoms with Gasteiger partial charge in [-0.15, -0.1) is 5.73 Å². The normalized spacial score (nSPS) is 18.3. The van der Waals surface area contributed by atoms with Crippen molar-refractivity contribution < 1.29 is 0 Å². The average molecular weight is 92.1 g/mol. The predicted molar refractivity (Wildman–Crippen MR) is 31.0 cm³/mol. The van der Waals surface area contributed by atoms with Crippen LogP contribution in [0.5, 0.6) is 0 Å². The minimum atomic E-state index is 1.14. The lowest BCUT2D eigenvalue weighted by molar-refractivity contribution is 0.832. The molecule has 1 aliphatic rings. The van der Waals surface area contributed by atoms with E-state index in [0.29, 0.717) is 0 Å². The van der Waals surface area contributed by atoms with Crippen molar-refractivity contribution in [3.8, 4) is 0 Å². The zero-order valence-corrected chi connectivity index (χ0v) is 4.33. The summed E-state index contributed by atoms with van der Waals surface area (Å²) in [6, 6.07) is 0. The third kappa shape index (κ3) is 0.531. The van der Waals surface area contributed by atoms with Crippen LogP contribution in [0.1, 0.15) is 12.8 Å². The lowest BCUT2D eigenvalue weighted by atomic mass is 9.88. The fourth-order valence-electron chi connectivity index (χ4n) is 0.640. The van der Waals surface area contributed by atoms with Crippen molar-refractivity contribution in [2.24, 2.45) is 0 Å². The van der Waals surface area contributed by atoms with Crippen molar-refractivity contribution >= 4 is 0 Å². The Morgan fingerprint density at radius 2 is 2.14 bits per heavy atom. The summed E-state index contributed by atoms with van der Waals surface area (Å²) >= 11 is 0. The molecule has 0 aromatic rings. The zero-order valence-electron chi connectivity index (χ0n) is 4.33. The van der Waals surface area contributed by atoms with Crippen LogP contribution >= 0.6 is 0 Å². The highest BCUT2D eigenvalue weighted by molar-refractivity contribution is 5.35. The molecule has 1 fully saturated rings. The molecular formula is C7H8. The molecule has 0 aliphatic heterocycles. The zero-order chi connectivity index (χ0) is 5.28. The first-order chi connectivity index (χ1) is 3.34. The molecular weight excluding hydrogens is 84.1 g/mol. The lowest BCUT2D eigenvalue weighted by Gasteiger charge is -2.16. The Morgan fingerprint density at radius 3 is 2.14 bits per heavy atom. The van der Waals surface area contributed by atoms with Gasteiger partial charge in [-0.1, -0.05) is 13.2 Å². The summed E-state index contributed by atoms with van der Waals surface area (Å²) in [4.78, 5) is 0. The first-order valence-corrected chi connectivity index (χ1v) is 2.41. The van der Waals surface area contributed by atoms with Crippen LogP contribution in [0.2, 0.25) is 0 Å². The summed E-state index contributed by atoms with van der Waals surface area (Å²) < 4.78 is 0. The molecule has 0 saturated heterocycles. The van der Waals surface area contributed by atoms with Gasteiger partial charge in [0, 0.05) is 0 Å². The number of hydrogen-bond acceptors (Lipinski definition) is 0. The van der Waals surface area contributed by atoms with Gasteiger partial charge in [0.05, 0.1) is 0 Å². The molecule has 0 amide bonds. The maximum atomic E-state index is 3.77. The first kappa shape index (κ1) is 4.42. The summed E-state index contributed by atoms with van der Waals surface area (Å²) in [7, 11) is 0. The Hall–Kier alpha value is -0.740. The van der Waals surface area contributed by atoms with E-state index in [1.165, 1.54) is 11.1 Å². The van der Waals surface area contributed by atoms with Crippen molar-refractivity contribution in [3.05, 3.63) is 30.0 Å². The summed E-state index contributed by atoms with van der Waals surface area (Å²) in [5, 5.41) is 0. The van der Waals surface area contributed by atoms with Gasteiger partial charge in [-0.05, 0) is 24.0 Å². The van der Waals surface area contributed by atoms with Gasteiger partial charge < -0.3 is 0 Å². The van der Waals surface area contributed by atoms with Crippen LogP contribution in [0.25, 0.3) is 0 Å². The molecule has 7 heavy (non-hydrogen) atoms. The molecule has 0 aromatic heterocycles. The quantitative estimate of drug-likeness (QED) is 0.401. The highest BCUT2D eigenvalue weighted by atomic mass is 14.1. The minimum Gasteiger partial charge on any atom is -0.125 e. The molecule has 36 valence electrons. The Balaban J connectivity index is 2.79. The molecule has 1 saturated carbocycles. The van der Waals surface area contributed by atoms with Gasteiger partial charge in [0.1, 0.15) is 0 Å². The smallest absolute Gasteiger partial charge is 0.00370 e. The second-order valence-electron chi connectivity index (χ2n) is 1.76. The second-order valence-corrected chi connectivity index (χ2v) is 1.76. The predicted octanol–water partition coefficient (Wildman–Crippen LogP) is 2.05. The summed E-state index contributed by atoms with van der Waals surface area (Å²) in [5.74, 6) is 0. The second kappa shape index (κ2) is 1.40. The molecule has 0 bridgehead atoms. The standard InChI is InChI=1S/C7H8/c1-3-7-5-4-6(7)2/h1-2,4-5H2. The van der Waals surface area contributed by atoms with Crippen LogP contribution in [-0.4, -0.2) is 0 Å². The minimum absolute atomic E-state index is 1.14. The molecule has 1 aliphatic carbocycles. The van der Waals surface area contributed by atoms with Crippen molar-refractivity contribution in [2.45, 2.75) is 12.8 Å². The van der Waals surface area contributed by atoms with Gasteiger partial charge in [-0.25, -0.2) is 0 Å². The molecule has 0 atom stereocenters. The van der Waals surface area contributed by atoms with Gasteiger partial charge in [0.2, 0.25) is 0 Å². The molecule has 0 N–H and O–H groups in total. The number of allylic oxidation sites excluding steroid dienone is 2. The van der Waals surface area contributed by atoms with E-state index in [-0.39, 0.29) is 0 Å². The first-order valence-electron chi connectivity index (χ1n) is 2.41. The maximum Gasteiger partial charge on any atom is -0.00370 e. The highest BCUT2D eigenvalue weighted by Gasteiger charge is 2.11. The van der Waals surface area contributed by atoms with Gasteiger partial charge in [-0.2, -0.15) is 0 Å². The maximum absolute atomic E-state index is 3.77. The largest absolute Gasteiger partial charge is 0.125 e. The molecule has 0 nitrogen and oxygen atoms in total. The molecule has 0 heteroatoms. The van der Waals surface area contributed by atoms with Crippen molar-refractivity contribution in [1.29, 1.82) is 0 Å². The van der Waals surface area contributed by atoms with Crippen molar-refractivity contribution in [2.75, 3.05) is 0 Å². The molecule has 0 spiro atoms. The highest BCUT2D eigenvalue weighted by Crippen LogP contribution is 2.29. The summed E-state index contributed by atoms with van der Waals surface area (Å²) in [6.07, 6.45) is 2.29. The van der Waals surface area contributed by atoms with E-state index < -0.39 is 0 Å². The van der Waals surface area contributed by atoms with Crippen molar-refractivity contribution in [3.63, 3.8) is 0 Å². The Kier molecular flexibility index (Phi) is 0.883. The Bertz CT molecular complexity index is 145. The van der Waals surface area contributed by atoms with Crippen LogP contribution in [0.15, 0.2) is 30.0 Å². The van der Waals surface area contributed by atoms with Crippen LogP contribution in [0.3, 0.4) is 0 Å². The average Bonchev–Trinajstić information content (AvgIpc) is 1.65. The molecule has 0 radical (unpaired) electrons. The fraction of sp³-hybridized carbons (Fsp3) is 0.286. The van der Waals surface area contributed by atoms with Gasteiger partial charge in [-0.3, -0.25) is 0 Å². The summed E-state index contributed by atoms with van der Waals surface area (Å²) in [5.41, 5.74) is 5.26. The van der Waals surface area contributed by atoms with E-state index in [2.05, 4.69) is 18.9 Å². The Morgan fingerprint density at radius 1 is 1.43 bits per heavy atom. The van der Waals surface area contributed by atoms with Crippen LogP contribution < -0.4 is 0 Å². The molecule has 0 aromatic carbocycles. The Labute approximate surface area is 43.9 Å². The SMILES string of the molecule is C=C=C1CCC1=C. The van der Waals surface area contributed by atoms with Gasteiger partial charge in [0.25, 0.3) is 0 Å². The molecule has 0 unspecified atom stereocenters. The van der Waals surface area contributed by atoms with E-state index >= 15 is 0 Å². The number of hydrogen-bond donors (Lipinski definition) is 0. The third-order valence-electron chi connectivity index (χ3n) is 1.32. The van der Waals surface area contributed by atoms with Crippen molar-refractivity contribution in [1.82, 2.24) is 0 Å². The van der Waals surface area contributed by atoms with Crippen LogP contribution in [0.4, 0.5) is 0 Å². The molecule has 0 heterocycles. The van der Waals surface area contributed by atoms with E-state index in [9.17, 15) is 0 Å². The number of rotatable bonds is 0. The molecule has 1 rings (SSSR count). The van der Waals surface area contributed by atoms with E-state index in [1.54, 1.807) is 0 Å². The van der Waals surface area contributed by atoms with Crippen LogP contribution in [0, 0.1) is 0 Å². The third-order valence-corrected chi connectivity index (χ3v) is 1.32. The summed E-state index contributed by atoms with van der Waals surface area (Å²) in [6.45, 7) is 7.28. The van der Waals surface area contributed by atoms with Gasteiger partial charge in [0.15, 0.2) is 0 Å². The van der Waals surface area contributed by atoms with Gasteiger partial charge >= 0.3 is 0 Å². The van der Waals surface area contributed by atoms with E-state index in [0.717, 1.165) is 12.8 Å².